The minimum absolute atomic E-state index is 0.140. The first kappa shape index (κ1) is 11.7. The van der Waals surface area contributed by atoms with Crippen LogP contribution in [-0.4, -0.2) is 12.5 Å². The second kappa shape index (κ2) is 4.39. The van der Waals surface area contributed by atoms with Crippen LogP contribution in [0.1, 0.15) is 5.56 Å². The Morgan fingerprint density at radius 2 is 1.89 bits per heavy atom. The van der Waals surface area contributed by atoms with Crippen LogP contribution < -0.4 is 10.2 Å². The number of amides is 1. The minimum Gasteiger partial charge on any atom is -0.330 e. The molecule has 0 radical (unpaired) electrons. The number of carbonyl (C=O) groups excluding carboxylic acids is 1. The quantitative estimate of drug-likeness (QED) is 0.849. The lowest BCUT2D eigenvalue weighted by molar-refractivity contribution is -0.115. The lowest BCUT2D eigenvalue weighted by atomic mass is 10.1. The maximum atomic E-state index is 13.2. The molecular weight excluding hydrogens is 243 g/mol. The van der Waals surface area contributed by atoms with Gasteiger partial charge in [-0.2, -0.15) is 0 Å². The van der Waals surface area contributed by atoms with Crippen LogP contribution in [0.5, 0.6) is 0 Å². The van der Waals surface area contributed by atoms with Crippen LogP contribution in [0.2, 0.25) is 0 Å². The zero-order valence-electron chi connectivity index (χ0n) is 10.5. The topological polar surface area (TPSA) is 32.3 Å². The highest BCUT2D eigenvalue weighted by molar-refractivity contribution is 6.03. The van der Waals surface area contributed by atoms with Crippen LogP contribution >= 0.6 is 0 Å². The predicted molar refractivity (Wildman–Crippen MR) is 73.2 cm³/mol. The first-order valence-electron chi connectivity index (χ1n) is 6.07. The van der Waals surface area contributed by atoms with Crippen molar-refractivity contribution in [3.63, 3.8) is 0 Å². The fraction of sp³-hybridized carbons (Fsp3) is 0.133. The molecule has 0 saturated carbocycles. The molecule has 2 aromatic rings. The van der Waals surface area contributed by atoms with Gasteiger partial charge in [-0.25, -0.2) is 4.39 Å². The molecule has 1 N–H and O–H groups in total. The van der Waals surface area contributed by atoms with Crippen LogP contribution in [0, 0.1) is 12.7 Å². The highest BCUT2D eigenvalue weighted by Gasteiger charge is 2.23. The van der Waals surface area contributed by atoms with Crippen molar-refractivity contribution < 1.29 is 9.18 Å². The Bertz CT molecular complexity index is 637. The molecule has 0 atom stereocenters. The molecule has 4 heteroatoms. The van der Waals surface area contributed by atoms with Crippen molar-refractivity contribution in [1.29, 1.82) is 0 Å². The van der Waals surface area contributed by atoms with Crippen molar-refractivity contribution in [3.8, 4) is 0 Å². The van der Waals surface area contributed by atoms with Crippen LogP contribution in [0.25, 0.3) is 0 Å². The van der Waals surface area contributed by atoms with Crippen molar-refractivity contribution in [3.05, 3.63) is 53.8 Å². The monoisotopic (exact) mass is 256 g/mol. The summed E-state index contributed by atoms with van der Waals surface area (Å²) in [5.41, 5.74) is 3.40. The number of rotatable bonds is 1. The summed E-state index contributed by atoms with van der Waals surface area (Å²) in [7, 11) is 0. The summed E-state index contributed by atoms with van der Waals surface area (Å²) in [6, 6.07) is 12.3. The number of hydrogen-bond acceptors (Lipinski definition) is 2. The van der Waals surface area contributed by atoms with Gasteiger partial charge in [0.05, 0.1) is 11.4 Å². The number of benzene rings is 2. The molecule has 2 aromatic carbocycles. The third-order valence-corrected chi connectivity index (χ3v) is 3.17. The fourth-order valence-electron chi connectivity index (χ4n) is 2.22. The lowest BCUT2D eigenvalue weighted by Gasteiger charge is -2.31. The van der Waals surface area contributed by atoms with Gasteiger partial charge < -0.3 is 10.2 Å². The van der Waals surface area contributed by atoms with E-state index in [9.17, 15) is 9.18 Å². The van der Waals surface area contributed by atoms with Gasteiger partial charge in [-0.1, -0.05) is 17.7 Å². The number of fused-ring (bicyclic) bond motifs is 1. The molecule has 1 aliphatic heterocycles. The average molecular weight is 256 g/mol. The van der Waals surface area contributed by atoms with Crippen LogP contribution in [0.15, 0.2) is 42.5 Å². The number of aryl methyl sites for hydroxylation is 1. The highest BCUT2D eigenvalue weighted by atomic mass is 19.1. The van der Waals surface area contributed by atoms with Gasteiger partial charge >= 0.3 is 0 Å². The molecule has 96 valence electrons. The Hall–Kier alpha value is -2.36. The maximum absolute atomic E-state index is 13.2. The zero-order valence-corrected chi connectivity index (χ0v) is 10.5. The number of carbonyl (C=O) groups is 1. The SMILES string of the molecule is Cc1ccc(N2CC(=O)Nc3cc(F)ccc32)cc1. The first-order chi connectivity index (χ1) is 9.13. The van der Waals surface area contributed by atoms with Gasteiger partial charge in [-0.3, -0.25) is 4.79 Å². The van der Waals surface area contributed by atoms with Crippen LogP contribution in [0.3, 0.4) is 0 Å². The Morgan fingerprint density at radius 3 is 2.63 bits per heavy atom. The first-order valence-corrected chi connectivity index (χ1v) is 6.07. The third kappa shape index (κ3) is 2.17. The standard InChI is InChI=1S/C15H13FN2O/c1-10-2-5-12(6-3-10)18-9-15(19)17-13-8-11(16)4-7-14(13)18/h2-8H,9H2,1H3,(H,17,19). The number of halogens is 1. The number of nitrogens with zero attached hydrogens (tertiary/aromatic N) is 1. The van der Waals surface area contributed by atoms with Gasteiger partial charge in [0, 0.05) is 5.69 Å². The molecule has 0 spiro atoms. The molecular formula is C15H13FN2O. The van der Waals surface area contributed by atoms with E-state index in [4.69, 9.17) is 0 Å². The van der Waals surface area contributed by atoms with Crippen LogP contribution in [0.4, 0.5) is 21.5 Å². The molecule has 0 aromatic heterocycles. The van der Waals surface area contributed by atoms with Crippen LogP contribution in [-0.2, 0) is 4.79 Å². The molecule has 3 nitrogen and oxygen atoms in total. The second-order valence-electron chi connectivity index (χ2n) is 4.63. The molecule has 19 heavy (non-hydrogen) atoms. The molecule has 0 aliphatic carbocycles. The van der Waals surface area contributed by atoms with E-state index in [1.54, 1.807) is 6.07 Å². The van der Waals surface area contributed by atoms with E-state index >= 15 is 0 Å². The van der Waals surface area contributed by atoms with E-state index in [1.807, 2.05) is 36.1 Å². The molecule has 1 aliphatic rings. The van der Waals surface area contributed by atoms with Crippen molar-refractivity contribution in [2.24, 2.45) is 0 Å². The minimum atomic E-state index is -0.357. The van der Waals surface area contributed by atoms with Gasteiger partial charge in [-0.15, -0.1) is 0 Å². The Labute approximate surface area is 110 Å². The normalized spacial score (nSPS) is 14.0. The summed E-state index contributed by atoms with van der Waals surface area (Å²) in [5, 5.41) is 2.69. The van der Waals surface area contributed by atoms with E-state index in [2.05, 4.69) is 5.32 Å². The van der Waals surface area contributed by atoms with Gasteiger partial charge in [0.15, 0.2) is 0 Å². The summed E-state index contributed by atoms with van der Waals surface area (Å²) < 4.78 is 13.2. The molecule has 0 saturated heterocycles. The van der Waals surface area contributed by atoms with Crippen molar-refractivity contribution >= 4 is 23.0 Å². The Balaban J connectivity index is 2.08. The lowest BCUT2D eigenvalue weighted by Crippen LogP contribution is -2.35. The number of anilines is 3. The van der Waals surface area contributed by atoms with Crippen molar-refractivity contribution in [2.75, 3.05) is 16.8 Å². The van der Waals surface area contributed by atoms with E-state index < -0.39 is 0 Å². The number of nitrogens with one attached hydrogen (secondary N) is 1. The Kier molecular flexibility index (Phi) is 2.71. The summed E-state index contributed by atoms with van der Waals surface area (Å²) in [6.45, 7) is 2.25. The van der Waals surface area contributed by atoms with Gasteiger partial charge in [0.25, 0.3) is 0 Å². The third-order valence-electron chi connectivity index (χ3n) is 3.17. The van der Waals surface area contributed by atoms with E-state index in [0.29, 0.717) is 5.69 Å². The second-order valence-corrected chi connectivity index (χ2v) is 4.63. The predicted octanol–water partition coefficient (Wildman–Crippen LogP) is 3.22. The smallest absolute Gasteiger partial charge is 0.244 e. The van der Waals surface area contributed by atoms with Gasteiger partial charge in [0.1, 0.15) is 12.4 Å². The summed E-state index contributed by atoms with van der Waals surface area (Å²) in [6.07, 6.45) is 0. The summed E-state index contributed by atoms with van der Waals surface area (Å²) in [5.74, 6) is -0.497. The zero-order chi connectivity index (χ0) is 13.4. The van der Waals surface area contributed by atoms with E-state index in [1.165, 1.54) is 12.1 Å². The molecule has 0 bridgehead atoms. The van der Waals surface area contributed by atoms with Crippen molar-refractivity contribution in [2.45, 2.75) is 6.92 Å². The largest absolute Gasteiger partial charge is 0.330 e. The highest BCUT2D eigenvalue weighted by Crippen LogP contribution is 2.35. The molecule has 1 heterocycles. The molecule has 0 unspecified atom stereocenters. The maximum Gasteiger partial charge on any atom is 0.244 e. The Morgan fingerprint density at radius 1 is 1.16 bits per heavy atom. The van der Waals surface area contributed by atoms with Gasteiger partial charge in [-0.05, 0) is 37.3 Å². The molecule has 3 rings (SSSR count). The molecule has 1 amide bonds. The fourth-order valence-corrected chi connectivity index (χ4v) is 2.22. The van der Waals surface area contributed by atoms with Crippen molar-refractivity contribution in [1.82, 2.24) is 0 Å². The van der Waals surface area contributed by atoms with E-state index in [0.717, 1.165) is 16.9 Å². The van der Waals surface area contributed by atoms with Gasteiger partial charge in [0.2, 0.25) is 5.91 Å². The summed E-state index contributed by atoms with van der Waals surface area (Å²) in [4.78, 5) is 13.6. The average Bonchev–Trinajstić information content (AvgIpc) is 2.38. The number of hydrogen-bond donors (Lipinski definition) is 1. The molecule has 0 fully saturated rings. The summed E-state index contributed by atoms with van der Waals surface area (Å²) >= 11 is 0. The van der Waals surface area contributed by atoms with E-state index in [-0.39, 0.29) is 18.3 Å².